The lowest BCUT2D eigenvalue weighted by Crippen LogP contribution is -2.32. The highest BCUT2D eigenvalue weighted by Crippen LogP contribution is 2.33. The summed E-state index contributed by atoms with van der Waals surface area (Å²) in [7, 11) is 0. The SMILES string of the molecule is Cl.Cl.N[C@H]1CC[C@H](Oc2nc(NCc3ccccc3)c3ncn(C4CCCC4)c3n2)CC1. The Balaban J connectivity index is 0.00000144. The maximum Gasteiger partial charge on any atom is 0.320 e. The third-order valence-corrected chi connectivity index (χ3v) is 6.41. The van der Waals surface area contributed by atoms with Gasteiger partial charge >= 0.3 is 6.01 Å². The van der Waals surface area contributed by atoms with Gasteiger partial charge in [-0.05, 0) is 44.1 Å². The third-order valence-electron chi connectivity index (χ3n) is 6.41. The molecule has 5 rings (SSSR count). The molecule has 32 heavy (non-hydrogen) atoms. The molecule has 0 unspecified atom stereocenters. The van der Waals surface area contributed by atoms with Crippen molar-refractivity contribution in [2.45, 2.75) is 76.1 Å². The highest BCUT2D eigenvalue weighted by Gasteiger charge is 2.24. The lowest BCUT2D eigenvalue weighted by atomic mass is 9.94. The Morgan fingerprint density at radius 2 is 1.69 bits per heavy atom. The van der Waals surface area contributed by atoms with Gasteiger partial charge in [-0.25, -0.2) is 4.98 Å². The van der Waals surface area contributed by atoms with Crippen LogP contribution in [-0.2, 0) is 6.54 Å². The average Bonchev–Trinajstić information content (AvgIpc) is 3.44. The van der Waals surface area contributed by atoms with E-state index in [9.17, 15) is 0 Å². The molecule has 2 aromatic heterocycles. The minimum Gasteiger partial charge on any atom is -0.460 e. The summed E-state index contributed by atoms with van der Waals surface area (Å²) < 4.78 is 8.46. The van der Waals surface area contributed by atoms with Crippen LogP contribution in [-0.4, -0.2) is 31.7 Å². The Bertz CT molecular complexity index is 985. The summed E-state index contributed by atoms with van der Waals surface area (Å²) >= 11 is 0. The van der Waals surface area contributed by atoms with Crippen LogP contribution in [0.2, 0.25) is 0 Å². The van der Waals surface area contributed by atoms with Crippen molar-refractivity contribution in [2.24, 2.45) is 5.73 Å². The van der Waals surface area contributed by atoms with Crippen molar-refractivity contribution in [3.63, 3.8) is 0 Å². The number of ether oxygens (including phenoxy) is 1. The van der Waals surface area contributed by atoms with Crippen LogP contribution in [0.1, 0.15) is 63.0 Å². The molecule has 0 saturated heterocycles. The van der Waals surface area contributed by atoms with Crippen LogP contribution < -0.4 is 15.8 Å². The zero-order chi connectivity index (χ0) is 20.3. The maximum atomic E-state index is 6.23. The van der Waals surface area contributed by atoms with E-state index < -0.39 is 0 Å². The molecule has 3 N–H and O–H groups in total. The molecule has 0 bridgehead atoms. The number of aromatic nitrogens is 4. The number of nitrogens with one attached hydrogen (secondary N) is 1. The van der Waals surface area contributed by atoms with E-state index in [1.54, 1.807) is 0 Å². The standard InChI is InChI=1S/C23H30N6O.2ClH/c24-17-10-12-19(13-11-17)30-23-27-21(25-14-16-6-2-1-3-7-16)20-22(28-23)29(15-26-20)18-8-4-5-9-18;;/h1-3,6-7,15,17-19H,4-5,8-14,24H2,(H,25,27,28);2*1H/t17-,19-;;. The highest BCUT2D eigenvalue weighted by atomic mass is 35.5. The Morgan fingerprint density at radius 3 is 2.41 bits per heavy atom. The maximum absolute atomic E-state index is 6.23. The first kappa shape index (κ1) is 24.6. The largest absolute Gasteiger partial charge is 0.460 e. The number of hydrogen-bond acceptors (Lipinski definition) is 6. The summed E-state index contributed by atoms with van der Waals surface area (Å²) in [5.74, 6) is 0.739. The predicted octanol–water partition coefficient (Wildman–Crippen LogP) is 5.05. The molecule has 0 radical (unpaired) electrons. The molecule has 0 atom stereocenters. The molecular weight excluding hydrogens is 447 g/mol. The highest BCUT2D eigenvalue weighted by molar-refractivity contribution is 5.85. The van der Waals surface area contributed by atoms with Gasteiger partial charge in [0.15, 0.2) is 17.0 Å². The summed E-state index contributed by atoms with van der Waals surface area (Å²) in [5.41, 5.74) is 8.93. The van der Waals surface area contributed by atoms with Crippen molar-refractivity contribution >= 4 is 41.8 Å². The van der Waals surface area contributed by atoms with Crippen molar-refractivity contribution < 1.29 is 4.74 Å². The number of imidazole rings is 1. The second-order valence-corrected chi connectivity index (χ2v) is 8.61. The van der Waals surface area contributed by atoms with Crippen molar-refractivity contribution in [3.05, 3.63) is 42.2 Å². The zero-order valence-electron chi connectivity index (χ0n) is 18.2. The number of fused-ring (bicyclic) bond motifs is 1. The van der Waals surface area contributed by atoms with Crippen molar-refractivity contribution in [1.82, 2.24) is 19.5 Å². The minimum atomic E-state index is 0. The van der Waals surface area contributed by atoms with Gasteiger partial charge in [0.05, 0.1) is 6.33 Å². The number of benzene rings is 1. The van der Waals surface area contributed by atoms with Crippen LogP contribution in [0.25, 0.3) is 11.2 Å². The van der Waals surface area contributed by atoms with Crippen molar-refractivity contribution in [1.29, 1.82) is 0 Å². The number of nitrogens with zero attached hydrogens (tertiary/aromatic N) is 4. The van der Waals surface area contributed by atoms with E-state index >= 15 is 0 Å². The first-order chi connectivity index (χ1) is 14.8. The van der Waals surface area contributed by atoms with Gasteiger partial charge in [-0.15, -0.1) is 24.8 Å². The van der Waals surface area contributed by atoms with E-state index in [1.807, 2.05) is 24.5 Å². The zero-order valence-corrected chi connectivity index (χ0v) is 19.8. The molecule has 2 aliphatic carbocycles. The second-order valence-electron chi connectivity index (χ2n) is 8.61. The summed E-state index contributed by atoms with van der Waals surface area (Å²) in [6, 6.07) is 11.5. The lowest BCUT2D eigenvalue weighted by Gasteiger charge is -2.26. The van der Waals surface area contributed by atoms with Crippen molar-refractivity contribution in [2.75, 3.05) is 5.32 Å². The van der Waals surface area contributed by atoms with E-state index in [0.29, 0.717) is 24.6 Å². The monoisotopic (exact) mass is 478 g/mol. The topological polar surface area (TPSA) is 90.9 Å². The average molecular weight is 479 g/mol. The van der Waals surface area contributed by atoms with Crippen LogP contribution >= 0.6 is 24.8 Å². The van der Waals surface area contributed by atoms with Crippen LogP contribution in [0.5, 0.6) is 6.01 Å². The molecule has 3 aromatic rings. The lowest BCUT2D eigenvalue weighted by molar-refractivity contribution is 0.135. The van der Waals surface area contributed by atoms with Gasteiger partial charge in [-0.2, -0.15) is 9.97 Å². The number of nitrogens with two attached hydrogens (primary N) is 1. The van der Waals surface area contributed by atoms with Crippen LogP contribution in [0.3, 0.4) is 0 Å². The Labute approximate surface area is 201 Å². The van der Waals surface area contributed by atoms with Crippen molar-refractivity contribution in [3.8, 4) is 6.01 Å². The van der Waals surface area contributed by atoms with Gasteiger partial charge in [0.1, 0.15) is 6.10 Å². The normalized spacial score (nSPS) is 21.0. The fourth-order valence-electron chi connectivity index (χ4n) is 4.66. The molecular formula is C23H32Cl2N6O. The second kappa shape index (κ2) is 11.2. The smallest absolute Gasteiger partial charge is 0.320 e. The van der Waals surface area contributed by atoms with Gasteiger partial charge in [0.25, 0.3) is 0 Å². The predicted molar refractivity (Wildman–Crippen MR) is 132 cm³/mol. The molecule has 2 saturated carbocycles. The molecule has 2 heterocycles. The summed E-state index contributed by atoms with van der Waals surface area (Å²) in [6.45, 7) is 0.682. The first-order valence-electron chi connectivity index (χ1n) is 11.2. The van der Waals surface area contributed by atoms with Crippen LogP contribution in [0.4, 0.5) is 5.82 Å². The fraction of sp³-hybridized carbons (Fsp3) is 0.522. The molecule has 2 fully saturated rings. The Kier molecular flexibility index (Phi) is 8.57. The Hall–Kier alpha value is -2.09. The quantitative estimate of drug-likeness (QED) is 0.515. The molecule has 0 aliphatic heterocycles. The Morgan fingerprint density at radius 1 is 0.969 bits per heavy atom. The number of anilines is 1. The summed E-state index contributed by atoms with van der Waals surface area (Å²) in [6.07, 6.45) is 10.8. The van der Waals surface area contributed by atoms with Gasteiger partial charge in [-0.1, -0.05) is 43.2 Å². The fourth-order valence-corrected chi connectivity index (χ4v) is 4.66. The van der Waals surface area contributed by atoms with E-state index in [2.05, 4.69) is 27.0 Å². The molecule has 1 aromatic carbocycles. The van der Waals surface area contributed by atoms with E-state index in [1.165, 1.54) is 31.2 Å². The van der Waals surface area contributed by atoms with Crippen LogP contribution in [0, 0.1) is 0 Å². The molecule has 174 valence electrons. The molecule has 2 aliphatic rings. The first-order valence-corrected chi connectivity index (χ1v) is 11.2. The molecule has 7 nitrogen and oxygen atoms in total. The van der Waals surface area contributed by atoms with E-state index in [4.69, 9.17) is 20.4 Å². The summed E-state index contributed by atoms with van der Waals surface area (Å²) in [5, 5.41) is 3.47. The van der Waals surface area contributed by atoms with E-state index in [0.717, 1.165) is 42.7 Å². The van der Waals surface area contributed by atoms with Gasteiger partial charge in [0, 0.05) is 18.6 Å². The number of rotatable bonds is 6. The van der Waals surface area contributed by atoms with Crippen LogP contribution in [0.15, 0.2) is 36.7 Å². The number of halogens is 2. The molecule has 0 spiro atoms. The van der Waals surface area contributed by atoms with Gasteiger partial charge in [-0.3, -0.25) is 0 Å². The number of hydrogen-bond donors (Lipinski definition) is 2. The minimum absolute atomic E-state index is 0. The summed E-state index contributed by atoms with van der Waals surface area (Å²) in [4.78, 5) is 14.2. The molecule has 9 heteroatoms. The molecule has 0 amide bonds. The van der Waals surface area contributed by atoms with Gasteiger partial charge < -0.3 is 20.4 Å². The van der Waals surface area contributed by atoms with Gasteiger partial charge in [0.2, 0.25) is 0 Å². The van der Waals surface area contributed by atoms with E-state index in [-0.39, 0.29) is 30.9 Å². The third kappa shape index (κ3) is 5.45.